The summed E-state index contributed by atoms with van der Waals surface area (Å²) in [5, 5.41) is 9.24. The average Bonchev–Trinajstić information content (AvgIpc) is 2.85. The summed E-state index contributed by atoms with van der Waals surface area (Å²) < 4.78 is 119. The number of hydrogen-bond donors (Lipinski definition) is 1. The van der Waals surface area contributed by atoms with Gasteiger partial charge in [-0.2, -0.15) is 22.0 Å². The monoisotopic (exact) mass is 601 g/mol. The molecule has 3 aromatic rings. The third-order valence-corrected chi connectivity index (χ3v) is 8.86. The minimum Gasteiger partial charge on any atom is -0.486 e. The van der Waals surface area contributed by atoms with E-state index >= 15 is 0 Å². The van der Waals surface area contributed by atoms with Crippen molar-refractivity contribution in [2.75, 3.05) is 10.8 Å². The number of fused-ring (bicyclic) bond motifs is 1. The second-order valence-electron chi connectivity index (χ2n) is 9.72. The van der Waals surface area contributed by atoms with Crippen molar-refractivity contribution < 1.29 is 54.1 Å². The van der Waals surface area contributed by atoms with E-state index in [2.05, 4.69) is 4.74 Å². The van der Waals surface area contributed by atoms with Gasteiger partial charge < -0.3 is 14.6 Å². The molecule has 218 valence electrons. The maximum Gasteiger partial charge on any atom is 0.416 e. The van der Waals surface area contributed by atoms with Crippen molar-refractivity contribution in [3.05, 3.63) is 72.0 Å². The molecule has 0 spiro atoms. The van der Waals surface area contributed by atoms with Gasteiger partial charge >= 0.3 is 18.8 Å². The molecule has 0 aromatic heterocycles. The smallest absolute Gasteiger partial charge is 0.416 e. The summed E-state index contributed by atoms with van der Waals surface area (Å²) in [4.78, 5) is 10.7. The molecule has 1 N–H and O–H groups in total. The molecule has 3 aromatic carbocycles. The third-order valence-electron chi connectivity index (χ3n) is 7.08. The molecule has 1 fully saturated rings. The molecule has 0 amide bonds. The number of carboxylic acid groups (broad SMARTS) is 1. The largest absolute Gasteiger partial charge is 0.486 e. The molecule has 7 nitrogen and oxygen atoms in total. The molecule has 14 heteroatoms. The number of ether oxygens (including phenoxy) is 2. The standard InChI is InChI=1S/C27H21F6NO6S/c28-19-8-15(9-20(12-19)39-26(29)30)14-4-5-23-22(10-14)34(13-24(40-23)16-6-17(7-16)25(35)36)41(37,38)21-3-1-2-18(11-21)27(31,32)33/h1-5,8-12,16-17,24,26H,6-7,13H2,(H,35,36). The van der Waals surface area contributed by atoms with E-state index in [0.29, 0.717) is 6.07 Å². The summed E-state index contributed by atoms with van der Waals surface area (Å²) in [6.45, 7) is -3.56. The lowest BCUT2D eigenvalue weighted by Crippen LogP contribution is -2.50. The second-order valence-corrected chi connectivity index (χ2v) is 11.6. The van der Waals surface area contributed by atoms with E-state index in [1.54, 1.807) is 0 Å². The number of carboxylic acids is 1. The van der Waals surface area contributed by atoms with Crippen LogP contribution >= 0.6 is 0 Å². The molecule has 0 bridgehead atoms. The van der Waals surface area contributed by atoms with Gasteiger partial charge in [-0.3, -0.25) is 9.10 Å². The fourth-order valence-corrected chi connectivity index (χ4v) is 6.48. The number of rotatable bonds is 7. The first-order chi connectivity index (χ1) is 19.2. The second kappa shape index (κ2) is 10.5. The number of aliphatic carboxylic acids is 1. The van der Waals surface area contributed by atoms with E-state index in [9.17, 15) is 44.7 Å². The average molecular weight is 602 g/mol. The highest BCUT2D eigenvalue weighted by Gasteiger charge is 2.45. The molecule has 41 heavy (non-hydrogen) atoms. The summed E-state index contributed by atoms with van der Waals surface area (Å²) in [6.07, 6.45) is -5.16. The Morgan fingerprint density at radius 3 is 2.41 bits per heavy atom. The van der Waals surface area contributed by atoms with Crippen molar-refractivity contribution in [2.24, 2.45) is 11.8 Å². The number of carbonyl (C=O) groups is 1. The number of sulfonamides is 1. The van der Waals surface area contributed by atoms with Crippen molar-refractivity contribution in [1.29, 1.82) is 0 Å². The lowest BCUT2D eigenvalue weighted by Gasteiger charge is -2.43. The summed E-state index contributed by atoms with van der Waals surface area (Å²) in [6, 6.07) is 10.2. The van der Waals surface area contributed by atoms with Gasteiger partial charge in [-0.25, -0.2) is 12.8 Å². The fourth-order valence-electron chi connectivity index (χ4n) is 4.95. The van der Waals surface area contributed by atoms with Crippen LogP contribution in [0.1, 0.15) is 18.4 Å². The lowest BCUT2D eigenvalue weighted by molar-refractivity contribution is -0.147. The van der Waals surface area contributed by atoms with Gasteiger partial charge in [0, 0.05) is 6.07 Å². The van der Waals surface area contributed by atoms with E-state index in [1.807, 2.05) is 0 Å². The van der Waals surface area contributed by atoms with Crippen LogP contribution in [-0.4, -0.2) is 38.8 Å². The Bertz CT molecular complexity index is 1590. The van der Waals surface area contributed by atoms with Gasteiger partial charge in [0.25, 0.3) is 10.0 Å². The van der Waals surface area contributed by atoms with Crippen molar-refractivity contribution in [3.63, 3.8) is 0 Å². The molecule has 1 saturated carbocycles. The van der Waals surface area contributed by atoms with Crippen LogP contribution in [0.3, 0.4) is 0 Å². The van der Waals surface area contributed by atoms with E-state index < -0.39 is 62.8 Å². The predicted molar refractivity (Wildman–Crippen MR) is 133 cm³/mol. The molecular weight excluding hydrogens is 580 g/mol. The van der Waals surface area contributed by atoms with Gasteiger partial charge in [0.2, 0.25) is 0 Å². The minimum absolute atomic E-state index is 0.0415. The molecule has 1 aliphatic carbocycles. The Morgan fingerprint density at radius 1 is 1.02 bits per heavy atom. The van der Waals surface area contributed by atoms with Crippen LogP contribution in [0.4, 0.5) is 32.0 Å². The van der Waals surface area contributed by atoms with Crippen LogP contribution < -0.4 is 13.8 Å². The molecule has 1 aliphatic heterocycles. The SMILES string of the molecule is O=C(O)C1CC(C2CN(S(=O)(=O)c3cccc(C(F)(F)F)c3)c3cc(-c4cc(F)cc(OC(F)F)c4)ccc3O2)C1. The Balaban J connectivity index is 1.58. The van der Waals surface area contributed by atoms with E-state index in [-0.39, 0.29) is 47.9 Å². The van der Waals surface area contributed by atoms with Crippen molar-refractivity contribution >= 4 is 21.7 Å². The van der Waals surface area contributed by atoms with Gasteiger partial charge in [-0.15, -0.1) is 0 Å². The van der Waals surface area contributed by atoms with Gasteiger partial charge in [0.05, 0.1) is 28.6 Å². The minimum atomic E-state index is -4.81. The maximum absolute atomic E-state index is 14.2. The summed E-state index contributed by atoms with van der Waals surface area (Å²) in [5.74, 6) is -3.30. The summed E-state index contributed by atoms with van der Waals surface area (Å²) in [7, 11) is -4.63. The van der Waals surface area contributed by atoms with Gasteiger partial charge in [0.1, 0.15) is 23.4 Å². The predicted octanol–water partition coefficient (Wildman–Crippen LogP) is 6.18. The number of anilines is 1. The molecule has 2 aliphatic rings. The number of nitrogens with zero attached hydrogens (tertiary/aromatic N) is 1. The molecule has 1 heterocycles. The Hall–Kier alpha value is -3.94. The van der Waals surface area contributed by atoms with Crippen LogP contribution in [0.5, 0.6) is 11.5 Å². The van der Waals surface area contributed by atoms with Crippen LogP contribution in [0.15, 0.2) is 65.6 Å². The van der Waals surface area contributed by atoms with Gasteiger partial charge in [0.15, 0.2) is 0 Å². The first-order valence-corrected chi connectivity index (χ1v) is 13.7. The molecule has 1 unspecified atom stereocenters. The number of alkyl halides is 5. The van der Waals surface area contributed by atoms with Crippen molar-refractivity contribution in [2.45, 2.75) is 36.6 Å². The van der Waals surface area contributed by atoms with Crippen molar-refractivity contribution in [3.8, 4) is 22.6 Å². The maximum atomic E-state index is 14.2. The number of halogens is 6. The van der Waals surface area contributed by atoms with E-state index in [0.717, 1.165) is 40.7 Å². The molecule has 0 saturated heterocycles. The Labute approximate surface area is 230 Å². The quantitative estimate of drug-likeness (QED) is 0.325. The third kappa shape index (κ3) is 5.78. The van der Waals surface area contributed by atoms with E-state index in [1.165, 1.54) is 18.2 Å². The highest BCUT2D eigenvalue weighted by molar-refractivity contribution is 7.92. The van der Waals surface area contributed by atoms with E-state index in [4.69, 9.17) is 4.74 Å². The topological polar surface area (TPSA) is 93.1 Å². The zero-order valence-corrected chi connectivity index (χ0v) is 21.6. The van der Waals surface area contributed by atoms with Crippen LogP contribution in [0.2, 0.25) is 0 Å². The number of hydrogen-bond acceptors (Lipinski definition) is 5. The fraction of sp³-hybridized carbons (Fsp3) is 0.296. The zero-order chi connectivity index (χ0) is 29.7. The summed E-state index contributed by atoms with van der Waals surface area (Å²) >= 11 is 0. The lowest BCUT2D eigenvalue weighted by atomic mass is 9.72. The molecular formula is C27H21F6NO6S. The first-order valence-electron chi connectivity index (χ1n) is 12.2. The molecule has 1 atom stereocenters. The van der Waals surface area contributed by atoms with Crippen LogP contribution in [0, 0.1) is 17.7 Å². The zero-order valence-electron chi connectivity index (χ0n) is 20.8. The normalized spacial score (nSPS) is 20.7. The molecule has 5 rings (SSSR count). The Morgan fingerprint density at radius 2 is 1.76 bits per heavy atom. The highest BCUT2D eigenvalue weighted by atomic mass is 32.2. The van der Waals surface area contributed by atoms with Crippen LogP contribution in [0.25, 0.3) is 11.1 Å². The van der Waals surface area contributed by atoms with Crippen LogP contribution in [-0.2, 0) is 21.0 Å². The Kier molecular flexibility index (Phi) is 7.30. The highest BCUT2D eigenvalue weighted by Crippen LogP contribution is 2.46. The summed E-state index contributed by atoms with van der Waals surface area (Å²) in [5.41, 5.74) is -1.01. The van der Waals surface area contributed by atoms with Gasteiger partial charge in [-0.05, 0) is 72.4 Å². The van der Waals surface area contributed by atoms with Crippen molar-refractivity contribution in [1.82, 2.24) is 0 Å². The number of benzene rings is 3. The van der Waals surface area contributed by atoms with Gasteiger partial charge in [-0.1, -0.05) is 12.1 Å². The first kappa shape index (κ1) is 28.6. The molecule has 0 radical (unpaired) electrons.